The Bertz CT molecular complexity index is 2630. The Morgan fingerprint density at radius 1 is 1.08 bits per heavy atom. The molecule has 2 saturated heterocycles. The molecule has 0 radical (unpaired) electrons. The summed E-state index contributed by atoms with van der Waals surface area (Å²) in [6.45, 7) is 5.66. The summed E-state index contributed by atoms with van der Waals surface area (Å²) in [6.07, 6.45) is 8.14. The number of carbonyl (C=O) groups is 1. The molecule has 0 saturated carbocycles. The molecule has 6 aliphatic rings. The predicted octanol–water partition coefficient (Wildman–Crippen LogP) is 6.32. The second kappa shape index (κ2) is 15.4. The molecule has 0 unspecified atom stereocenters. The van der Waals surface area contributed by atoms with Gasteiger partial charge in [-0.05, 0) is 95.3 Å². The standard InChI is InChI=1S/C45H49N7O7S2/c1-23-12-33(53)39-34(56-23)17-35-38(40(39)54)29-13-25(18-48-3)6-8-45-36(59-45)5-4-24-14-31(51-37(46)15-24)28-16-27(20-52-19-26-7-10-49-32(26)21-52)50-42(47)30(28)22-61-60-11-9-44(2,58-35)41(29)57-43(45)55/h7,10,12,14-17,21,25,29,36,41,48,54H,4-6,8-9,11,13,18-20,22H2,1-3H3,(H2,46,51)(H2,47,50)/t25-,29+,36-,41-,44+,45+/m1/s1. The number of aryl methyl sites for hydroxylation is 2. The predicted molar refractivity (Wildman–Crippen MR) is 237 cm³/mol. The normalized spacial score (nSPS) is 28.1. The van der Waals surface area contributed by atoms with E-state index in [1.807, 2.05) is 32.3 Å². The molecule has 318 valence electrons. The molecule has 4 aromatic rings. The van der Waals surface area contributed by atoms with E-state index in [4.69, 9.17) is 40.1 Å². The van der Waals surface area contributed by atoms with Gasteiger partial charge >= 0.3 is 5.97 Å². The van der Waals surface area contributed by atoms with Crippen LogP contribution in [-0.2, 0) is 33.0 Å². The number of carbonyl (C=O) groups excluding carboxylic acids is 1. The highest BCUT2D eigenvalue weighted by Crippen LogP contribution is 2.55. The number of hydrogen-bond donors (Lipinski definition) is 4. The van der Waals surface area contributed by atoms with Gasteiger partial charge in [0, 0.05) is 77.2 Å². The summed E-state index contributed by atoms with van der Waals surface area (Å²) in [5, 5.41) is 15.4. The maximum atomic E-state index is 14.7. The van der Waals surface area contributed by atoms with E-state index in [-0.39, 0.29) is 34.2 Å². The van der Waals surface area contributed by atoms with Crippen molar-refractivity contribution in [3.63, 3.8) is 0 Å². The summed E-state index contributed by atoms with van der Waals surface area (Å²) in [4.78, 5) is 44.4. The topological polar surface area (TPSA) is 204 Å². The number of aromatic hydroxyl groups is 1. The zero-order chi connectivity index (χ0) is 42.2. The van der Waals surface area contributed by atoms with Gasteiger partial charge in [-0.25, -0.2) is 14.8 Å². The molecule has 0 amide bonds. The lowest BCUT2D eigenvalue weighted by molar-refractivity contribution is -0.172. The van der Waals surface area contributed by atoms with Gasteiger partial charge in [0.1, 0.15) is 51.6 Å². The largest absolute Gasteiger partial charge is 0.507 e. The lowest BCUT2D eigenvalue weighted by Gasteiger charge is -2.46. The second-order valence-corrected chi connectivity index (χ2v) is 19.9. The summed E-state index contributed by atoms with van der Waals surface area (Å²) in [5.74, 6) is 1.84. The number of rotatable bonds is 4. The number of phenolic OH excluding ortho intramolecular Hbond substituents is 1. The van der Waals surface area contributed by atoms with E-state index in [0.29, 0.717) is 91.8 Å². The molecule has 14 nitrogen and oxygen atoms in total. The number of benzene rings is 1. The Morgan fingerprint density at radius 3 is 2.79 bits per heavy atom. The van der Waals surface area contributed by atoms with E-state index >= 15 is 0 Å². The van der Waals surface area contributed by atoms with Crippen LogP contribution >= 0.6 is 21.6 Å². The smallest absolute Gasteiger partial charge is 0.341 e. The van der Waals surface area contributed by atoms with Crippen LogP contribution in [0.25, 0.3) is 22.2 Å². The molecule has 2 fully saturated rings. The van der Waals surface area contributed by atoms with Crippen LogP contribution in [0.4, 0.5) is 11.6 Å². The van der Waals surface area contributed by atoms with Crippen LogP contribution in [0.2, 0.25) is 0 Å². The number of nitrogens with one attached hydrogen (secondary N) is 1. The van der Waals surface area contributed by atoms with E-state index in [9.17, 15) is 14.7 Å². The van der Waals surface area contributed by atoms with Crippen LogP contribution in [0.1, 0.15) is 73.1 Å². The number of allylic oxidation sites excluding steroid dienone is 1. The van der Waals surface area contributed by atoms with Gasteiger partial charge in [-0.15, -0.1) is 0 Å². The minimum absolute atomic E-state index is 0.0878. The second-order valence-electron chi connectivity index (χ2n) is 17.3. The van der Waals surface area contributed by atoms with Crippen molar-refractivity contribution in [2.45, 2.75) is 94.0 Å². The summed E-state index contributed by atoms with van der Waals surface area (Å²) >= 11 is 0. The fourth-order valence-corrected chi connectivity index (χ4v) is 12.4. The first-order chi connectivity index (χ1) is 29.4. The van der Waals surface area contributed by atoms with Crippen LogP contribution in [0.5, 0.6) is 11.5 Å². The van der Waals surface area contributed by atoms with Crippen LogP contribution in [-0.4, -0.2) is 81.5 Å². The molecule has 1 spiro atoms. The van der Waals surface area contributed by atoms with E-state index in [1.165, 1.54) is 11.6 Å². The highest BCUT2D eigenvalue weighted by molar-refractivity contribution is 8.76. The maximum Gasteiger partial charge on any atom is 0.341 e. The molecule has 10 rings (SSSR count). The zero-order valence-electron chi connectivity index (χ0n) is 34.4. The summed E-state index contributed by atoms with van der Waals surface area (Å²) in [5.41, 5.74) is 18.0. The fourth-order valence-electron chi connectivity index (χ4n) is 10.1. The average molecular weight is 864 g/mol. The molecule has 6 aliphatic heterocycles. The molecule has 9 heterocycles. The maximum absolute atomic E-state index is 14.7. The van der Waals surface area contributed by atoms with E-state index in [2.05, 4.69) is 33.5 Å². The third kappa shape index (κ3) is 7.24. The van der Waals surface area contributed by atoms with Crippen molar-refractivity contribution >= 4 is 56.4 Å². The van der Waals surface area contributed by atoms with Gasteiger partial charge in [0.25, 0.3) is 0 Å². The van der Waals surface area contributed by atoms with Crippen LogP contribution in [0, 0.1) is 12.8 Å². The van der Waals surface area contributed by atoms with Crippen molar-refractivity contribution in [2.24, 2.45) is 10.9 Å². The number of esters is 1. The summed E-state index contributed by atoms with van der Waals surface area (Å²) < 4.78 is 26.0. The number of nitrogens with zero attached hydrogens (tertiary/aromatic N) is 4. The van der Waals surface area contributed by atoms with E-state index in [0.717, 1.165) is 40.3 Å². The van der Waals surface area contributed by atoms with Crippen molar-refractivity contribution < 1.29 is 28.5 Å². The van der Waals surface area contributed by atoms with Crippen molar-refractivity contribution in [2.75, 3.05) is 37.4 Å². The Hall–Kier alpha value is -5.03. The molecular formula is C45H49N7O7S2. The fraction of sp³-hybridized carbons (Fsp3) is 0.444. The van der Waals surface area contributed by atoms with Crippen molar-refractivity contribution in [1.82, 2.24) is 20.2 Å². The van der Waals surface area contributed by atoms with E-state index in [1.54, 1.807) is 34.6 Å². The number of nitrogen functional groups attached to an aromatic ring is 2. The number of epoxide rings is 1. The van der Waals surface area contributed by atoms with Crippen LogP contribution in [0.3, 0.4) is 0 Å². The van der Waals surface area contributed by atoms with Gasteiger partial charge in [0.2, 0.25) is 0 Å². The minimum atomic E-state index is -1.13. The molecule has 61 heavy (non-hydrogen) atoms. The number of hydrogen-bond acceptors (Lipinski definition) is 16. The quantitative estimate of drug-likeness (QED) is 0.101. The number of anilines is 2. The molecule has 6 N–H and O–H groups in total. The molecular weight excluding hydrogens is 815 g/mol. The molecule has 1 aromatic carbocycles. The number of pyridine rings is 2. The molecule has 16 heteroatoms. The molecule has 4 bridgehead atoms. The monoisotopic (exact) mass is 863 g/mol. The lowest BCUT2D eigenvalue weighted by Crippen LogP contribution is -2.54. The number of aliphatic imine (C=N–C) groups is 1. The highest BCUT2D eigenvalue weighted by atomic mass is 33.1. The third-order valence-electron chi connectivity index (χ3n) is 13.1. The number of nitrogens with two attached hydrogens (primary N) is 2. The molecule has 0 aliphatic carbocycles. The van der Waals surface area contributed by atoms with Crippen molar-refractivity contribution in [3.8, 4) is 22.8 Å². The van der Waals surface area contributed by atoms with Gasteiger partial charge in [-0.1, -0.05) is 21.6 Å². The summed E-state index contributed by atoms with van der Waals surface area (Å²) in [7, 11) is 5.23. The zero-order valence-corrected chi connectivity index (χ0v) is 36.0. The van der Waals surface area contributed by atoms with Gasteiger partial charge < -0.3 is 45.4 Å². The van der Waals surface area contributed by atoms with Gasteiger partial charge in [0.05, 0.1) is 29.7 Å². The number of fused-ring (bicyclic) bond motifs is 9. The Morgan fingerprint density at radius 2 is 1.95 bits per heavy atom. The SMILES string of the molecule is CNC[C@@H]1CC[C@]23O[C@@H]2CCc2cc(N)nc(c2)-c2cc(CN4C=C5N=CC=C5C4)nc(N)c2CSSCC[C@]2(C)Oc4cc5oc(C)cc(=O)c5c(O)c4[C@H](C1)[C@H]2OC3=O. The number of phenols is 1. The van der Waals surface area contributed by atoms with Crippen molar-refractivity contribution in [1.29, 1.82) is 0 Å². The Labute approximate surface area is 361 Å². The first kappa shape index (κ1) is 40.1. The number of ether oxygens (including phenoxy) is 3. The highest BCUT2D eigenvalue weighted by Gasteiger charge is 2.65. The molecule has 3 aromatic heterocycles. The van der Waals surface area contributed by atoms with E-state index < -0.39 is 29.2 Å². The Balaban J connectivity index is 1.03. The minimum Gasteiger partial charge on any atom is -0.507 e. The van der Waals surface area contributed by atoms with Gasteiger partial charge in [-0.3, -0.25) is 9.79 Å². The summed E-state index contributed by atoms with van der Waals surface area (Å²) in [6, 6.07) is 9.11. The third-order valence-corrected chi connectivity index (χ3v) is 15.4. The lowest BCUT2D eigenvalue weighted by atomic mass is 9.74. The van der Waals surface area contributed by atoms with Crippen LogP contribution in [0.15, 0.2) is 68.1 Å². The first-order valence-corrected chi connectivity index (χ1v) is 23.4. The number of aromatic nitrogens is 2. The average Bonchev–Trinajstić information content (AvgIpc) is 3.50. The first-order valence-electron chi connectivity index (χ1n) is 20.9. The Kier molecular flexibility index (Phi) is 10.1. The van der Waals surface area contributed by atoms with Crippen molar-refractivity contribution in [3.05, 3.63) is 92.2 Å². The van der Waals surface area contributed by atoms with Crippen LogP contribution < -0.4 is 26.9 Å². The van der Waals surface area contributed by atoms with Gasteiger partial charge in [-0.2, -0.15) is 0 Å². The molecule has 6 atom stereocenters. The van der Waals surface area contributed by atoms with Gasteiger partial charge in [0.15, 0.2) is 11.0 Å².